The van der Waals surface area contributed by atoms with Gasteiger partial charge in [-0.25, -0.2) is 0 Å². The summed E-state index contributed by atoms with van der Waals surface area (Å²) < 4.78 is 1.93. The van der Waals surface area contributed by atoms with Crippen LogP contribution in [-0.2, 0) is 7.05 Å². The van der Waals surface area contributed by atoms with Gasteiger partial charge in [-0.2, -0.15) is 0 Å². The van der Waals surface area contributed by atoms with Gasteiger partial charge in [0.15, 0.2) is 5.16 Å². The Morgan fingerprint density at radius 2 is 2.00 bits per heavy atom. The minimum absolute atomic E-state index is 0.479. The maximum atomic E-state index is 9.70. The van der Waals surface area contributed by atoms with Gasteiger partial charge >= 0.3 is 0 Å². The summed E-state index contributed by atoms with van der Waals surface area (Å²) in [7, 11) is 1.93. The summed E-state index contributed by atoms with van der Waals surface area (Å²) in [6.45, 7) is 3.68. The van der Waals surface area contributed by atoms with Crippen LogP contribution in [0.25, 0.3) is 0 Å². The Hall–Kier alpha value is -1.33. The van der Waals surface area contributed by atoms with E-state index in [0.29, 0.717) is 0 Å². The topological polar surface area (TPSA) is 50.9 Å². The van der Waals surface area contributed by atoms with E-state index in [1.165, 1.54) is 11.8 Å². The van der Waals surface area contributed by atoms with Gasteiger partial charge in [-0.1, -0.05) is 18.2 Å². The van der Waals surface area contributed by atoms with E-state index in [1.54, 1.807) is 6.92 Å². The molecule has 2 aromatic rings. The molecule has 90 valence electrons. The zero-order valence-electron chi connectivity index (χ0n) is 10.1. The summed E-state index contributed by atoms with van der Waals surface area (Å²) in [5.74, 6) is 0.877. The summed E-state index contributed by atoms with van der Waals surface area (Å²) in [5.41, 5.74) is 0.915. The number of benzene rings is 1. The smallest absolute Gasteiger partial charge is 0.195 e. The summed E-state index contributed by atoms with van der Waals surface area (Å²) in [5, 5.41) is 18.7. The molecule has 0 fully saturated rings. The molecule has 1 atom stereocenters. The first-order valence-corrected chi connectivity index (χ1v) is 6.22. The van der Waals surface area contributed by atoms with E-state index in [-0.39, 0.29) is 0 Å². The van der Waals surface area contributed by atoms with Crippen molar-refractivity contribution in [3.05, 3.63) is 35.7 Å². The molecule has 1 N–H and O–H groups in total. The van der Waals surface area contributed by atoms with Crippen molar-refractivity contribution in [3.8, 4) is 0 Å². The van der Waals surface area contributed by atoms with Gasteiger partial charge in [-0.15, -0.1) is 10.2 Å². The van der Waals surface area contributed by atoms with Crippen molar-refractivity contribution in [1.29, 1.82) is 0 Å². The molecule has 4 nitrogen and oxygen atoms in total. The molecule has 0 spiro atoms. The van der Waals surface area contributed by atoms with E-state index in [9.17, 15) is 5.11 Å². The number of hydrogen-bond donors (Lipinski definition) is 1. The molecule has 2 rings (SSSR count). The lowest BCUT2D eigenvalue weighted by molar-refractivity contribution is 0.196. The van der Waals surface area contributed by atoms with Crippen molar-refractivity contribution >= 4 is 11.8 Å². The van der Waals surface area contributed by atoms with Crippen LogP contribution in [0, 0.1) is 6.92 Å². The van der Waals surface area contributed by atoms with Crippen LogP contribution in [0.4, 0.5) is 0 Å². The van der Waals surface area contributed by atoms with E-state index < -0.39 is 6.10 Å². The molecule has 1 aromatic carbocycles. The Morgan fingerprint density at radius 3 is 2.59 bits per heavy atom. The number of aromatic nitrogens is 3. The highest BCUT2D eigenvalue weighted by Crippen LogP contribution is 2.31. The second-order valence-electron chi connectivity index (χ2n) is 3.90. The highest BCUT2D eigenvalue weighted by atomic mass is 32.2. The van der Waals surface area contributed by atoms with Gasteiger partial charge in [0.05, 0.1) is 6.10 Å². The largest absolute Gasteiger partial charge is 0.389 e. The average molecular weight is 249 g/mol. The first kappa shape index (κ1) is 12.1. The first-order chi connectivity index (χ1) is 8.09. The van der Waals surface area contributed by atoms with Gasteiger partial charge in [0.2, 0.25) is 0 Å². The Balaban J connectivity index is 2.33. The van der Waals surface area contributed by atoms with Crippen LogP contribution in [0.2, 0.25) is 0 Å². The fourth-order valence-corrected chi connectivity index (χ4v) is 2.54. The van der Waals surface area contributed by atoms with Crippen molar-refractivity contribution in [1.82, 2.24) is 14.8 Å². The number of nitrogens with zero attached hydrogens (tertiary/aromatic N) is 3. The van der Waals surface area contributed by atoms with E-state index in [1.807, 2.05) is 42.8 Å². The van der Waals surface area contributed by atoms with Crippen LogP contribution >= 0.6 is 11.8 Å². The number of hydrogen-bond acceptors (Lipinski definition) is 4. The maximum absolute atomic E-state index is 9.70. The van der Waals surface area contributed by atoms with Crippen LogP contribution in [0.3, 0.4) is 0 Å². The predicted molar refractivity (Wildman–Crippen MR) is 66.9 cm³/mol. The second kappa shape index (κ2) is 4.89. The SMILES string of the molecule is Cc1nnc(Sc2ccccc2C(C)O)n1C. The van der Waals surface area contributed by atoms with E-state index in [0.717, 1.165) is 21.4 Å². The lowest BCUT2D eigenvalue weighted by Crippen LogP contribution is -1.96. The lowest BCUT2D eigenvalue weighted by Gasteiger charge is -2.10. The minimum Gasteiger partial charge on any atom is -0.389 e. The molecular formula is C12H15N3OS. The van der Waals surface area contributed by atoms with Crippen LogP contribution < -0.4 is 0 Å². The molecule has 0 saturated carbocycles. The second-order valence-corrected chi connectivity index (χ2v) is 4.91. The predicted octanol–water partition coefficient (Wildman–Crippen LogP) is 2.33. The average Bonchev–Trinajstić information content (AvgIpc) is 2.61. The summed E-state index contributed by atoms with van der Waals surface area (Å²) in [6.07, 6.45) is -0.479. The van der Waals surface area contributed by atoms with Crippen molar-refractivity contribution < 1.29 is 5.11 Å². The standard InChI is InChI=1S/C12H15N3OS/c1-8(16)10-6-4-5-7-11(10)17-12-14-13-9(2)15(12)3/h4-8,16H,1-3H3. The molecule has 1 aromatic heterocycles. The Labute approximate surface area is 105 Å². The van der Waals surface area contributed by atoms with Crippen LogP contribution in [0.1, 0.15) is 24.4 Å². The molecule has 1 heterocycles. The monoisotopic (exact) mass is 249 g/mol. The lowest BCUT2D eigenvalue weighted by atomic mass is 10.1. The fraction of sp³-hybridized carbons (Fsp3) is 0.333. The van der Waals surface area contributed by atoms with E-state index in [4.69, 9.17) is 0 Å². The molecule has 17 heavy (non-hydrogen) atoms. The third kappa shape index (κ3) is 2.50. The van der Waals surface area contributed by atoms with Gasteiger partial charge in [0.1, 0.15) is 5.82 Å². The molecule has 0 aliphatic heterocycles. The van der Waals surface area contributed by atoms with Crippen molar-refractivity contribution in [2.24, 2.45) is 7.05 Å². The molecule has 0 aliphatic carbocycles. The summed E-state index contributed by atoms with van der Waals surface area (Å²) in [4.78, 5) is 1.01. The molecule has 0 radical (unpaired) electrons. The number of aryl methyl sites for hydroxylation is 1. The third-order valence-corrected chi connectivity index (χ3v) is 3.75. The van der Waals surface area contributed by atoms with Gasteiger partial charge in [-0.3, -0.25) is 0 Å². The van der Waals surface area contributed by atoms with Gasteiger partial charge in [-0.05, 0) is 37.2 Å². The zero-order chi connectivity index (χ0) is 12.4. The summed E-state index contributed by atoms with van der Waals surface area (Å²) in [6, 6.07) is 7.79. The minimum atomic E-state index is -0.479. The maximum Gasteiger partial charge on any atom is 0.195 e. The van der Waals surface area contributed by atoms with Crippen LogP contribution in [0.5, 0.6) is 0 Å². The van der Waals surface area contributed by atoms with E-state index in [2.05, 4.69) is 10.2 Å². The van der Waals surface area contributed by atoms with E-state index >= 15 is 0 Å². The highest BCUT2D eigenvalue weighted by molar-refractivity contribution is 7.99. The molecule has 5 heteroatoms. The Kier molecular flexibility index (Phi) is 3.49. The molecule has 0 amide bonds. The van der Waals surface area contributed by atoms with Crippen molar-refractivity contribution in [2.45, 2.75) is 30.0 Å². The Morgan fingerprint density at radius 1 is 1.29 bits per heavy atom. The zero-order valence-corrected chi connectivity index (χ0v) is 10.9. The number of aliphatic hydroxyl groups excluding tert-OH is 1. The molecular weight excluding hydrogens is 234 g/mol. The molecule has 0 saturated heterocycles. The van der Waals surface area contributed by atoms with Crippen LogP contribution in [-0.4, -0.2) is 19.9 Å². The first-order valence-electron chi connectivity index (χ1n) is 5.40. The number of aliphatic hydroxyl groups is 1. The van der Waals surface area contributed by atoms with Gasteiger partial charge < -0.3 is 9.67 Å². The fourth-order valence-electron chi connectivity index (χ4n) is 1.49. The third-order valence-electron chi connectivity index (χ3n) is 2.62. The normalized spacial score (nSPS) is 12.7. The highest BCUT2D eigenvalue weighted by Gasteiger charge is 2.12. The Bertz CT molecular complexity index is 522. The van der Waals surface area contributed by atoms with Crippen LogP contribution in [0.15, 0.2) is 34.3 Å². The number of rotatable bonds is 3. The summed E-state index contributed by atoms with van der Waals surface area (Å²) >= 11 is 1.52. The van der Waals surface area contributed by atoms with Crippen molar-refractivity contribution in [3.63, 3.8) is 0 Å². The van der Waals surface area contributed by atoms with Gasteiger partial charge in [0, 0.05) is 11.9 Å². The van der Waals surface area contributed by atoms with Gasteiger partial charge in [0.25, 0.3) is 0 Å². The molecule has 0 bridgehead atoms. The molecule has 0 aliphatic rings. The quantitative estimate of drug-likeness (QED) is 0.907. The molecule has 1 unspecified atom stereocenters. The van der Waals surface area contributed by atoms with Crippen molar-refractivity contribution in [2.75, 3.05) is 0 Å².